The molecule has 0 aliphatic heterocycles. The molecule has 1 aliphatic carbocycles. The molecule has 1 rings (SSSR count). The number of aliphatic hydroxyl groups is 1. The largest absolute Gasteiger partial charge is 0.394 e. The molecule has 1 saturated carbocycles. The highest BCUT2D eigenvalue weighted by Crippen LogP contribution is 2.36. The Hall–Kier alpha value is -0.590. The first-order valence-corrected chi connectivity index (χ1v) is 5.92. The first-order valence-electron chi connectivity index (χ1n) is 5.92. The van der Waals surface area contributed by atoms with Crippen LogP contribution in [0.5, 0.6) is 0 Å². The Bertz CT molecular complexity index is 214. The van der Waals surface area contributed by atoms with Gasteiger partial charge in [-0.1, -0.05) is 19.8 Å². The summed E-state index contributed by atoms with van der Waals surface area (Å²) in [6.45, 7) is 2.49. The van der Waals surface area contributed by atoms with Gasteiger partial charge in [0, 0.05) is 0 Å². The van der Waals surface area contributed by atoms with Crippen molar-refractivity contribution in [3.8, 4) is 6.07 Å². The molecule has 15 heavy (non-hydrogen) atoms. The zero-order chi connectivity index (χ0) is 11.1. The van der Waals surface area contributed by atoms with E-state index in [1.165, 1.54) is 12.8 Å². The minimum Gasteiger partial charge on any atom is -0.394 e. The zero-order valence-corrected chi connectivity index (χ0v) is 9.54. The lowest BCUT2D eigenvalue weighted by molar-refractivity contribution is -0.0495. The van der Waals surface area contributed by atoms with Crippen LogP contribution in [0.3, 0.4) is 0 Å². The van der Waals surface area contributed by atoms with Crippen molar-refractivity contribution < 1.29 is 9.84 Å². The van der Waals surface area contributed by atoms with Crippen LogP contribution in [0.25, 0.3) is 0 Å². The lowest BCUT2D eigenvalue weighted by Crippen LogP contribution is -2.36. The van der Waals surface area contributed by atoms with Crippen LogP contribution in [0.1, 0.15) is 45.4 Å². The fourth-order valence-electron chi connectivity index (χ4n) is 2.37. The molecule has 0 heterocycles. The van der Waals surface area contributed by atoms with E-state index in [4.69, 9.17) is 15.1 Å². The monoisotopic (exact) mass is 211 g/mol. The van der Waals surface area contributed by atoms with Crippen LogP contribution < -0.4 is 0 Å². The molecule has 1 N–H and O–H groups in total. The lowest BCUT2D eigenvalue weighted by Gasteiger charge is -2.34. The Kier molecular flexibility index (Phi) is 5.07. The van der Waals surface area contributed by atoms with E-state index in [0.717, 1.165) is 31.6 Å². The van der Waals surface area contributed by atoms with Crippen LogP contribution in [0.15, 0.2) is 0 Å². The quantitative estimate of drug-likeness (QED) is 0.758. The molecule has 0 bridgehead atoms. The van der Waals surface area contributed by atoms with E-state index in [2.05, 4.69) is 13.0 Å². The summed E-state index contributed by atoms with van der Waals surface area (Å²) in [5.41, 5.74) is -0.604. The van der Waals surface area contributed by atoms with Crippen LogP contribution in [-0.2, 0) is 4.74 Å². The average Bonchev–Trinajstić information content (AvgIpc) is 2.29. The van der Waals surface area contributed by atoms with Gasteiger partial charge in [-0.15, -0.1) is 0 Å². The van der Waals surface area contributed by atoms with Gasteiger partial charge in [0.1, 0.15) is 0 Å². The molecule has 0 radical (unpaired) electrons. The first kappa shape index (κ1) is 12.5. The molecule has 1 aliphatic rings. The first-order chi connectivity index (χ1) is 7.26. The maximum Gasteiger partial charge on any atom is 0.154 e. The number of aliphatic hydroxyl groups excluding tert-OH is 1. The Morgan fingerprint density at radius 2 is 2.13 bits per heavy atom. The molecule has 86 valence electrons. The molecule has 3 heteroatoms. The van der Waals surface area contributed by atoms with Gasteiger partial charge < -0.3 is 9.84 Å². The molecular formula is C12H21NO2. The molecule has 0 aromatic heterocycles. The summed E-state index contributed by atoms with van der Waals surface area (Å²) in [4.78, 5) is 0. The third-order valence-corrected chi connectivity index (χ3v) is 3.28. The second-order valence-corrected chi connectivity index (χ2v) is 4.41. The van der Waals surface area contributed by atoms with Gasteiger partial charge in [-0.05, 0) is 31.6 Å². The van der Waals surface area contributed by atoms with E-state index in [9.17, 15) is 0 Å². The number of hydrogen-bond donors (Lipinski definition) is 1. The molecule has 1 fully saturated rings. The van der Waals surface area contributed by atoms with Crippen molar-refractivity contribution in [2.75, 3.05) is 13.2 Å². The van der Waals surface area contributed by atoms with E-state index < -0.39 is 5.60 Å². The molecule has 0 spiro atoms. The normalized spacial score (nSPS) is 31.1. The molecule has 0 amide bonds. The third kappa shape index (κ3) is 3.48. The van der Waals surface area contributed by atoms with E-state index >= 15 is 0 Å². The summed E-state index contributed by atoms with van der Waals surface area (Å²) in [5.74, 6) is 0.772. The second kappa shape index (κ2) is 6.09. The van der Waals surface area contributed by atoms with Gasteiger partial charge in [0.15, 0.2) is 5.60 Å². The number of ether oxygens (including phenoxy) is 1. The Labute approximate surface area is 92.0 Å². The highest BCUT2D eigenvalue weighted by atomic mass is 16.5. The molecule has 3 nitrogen and oxygen atoms in total. The minimum atomic E-state index is -0.604. The highest BCUT2D eigenvalue weighted by Gasteiger charge is 2.35. The van der Waals surface area contributed by atoms with Gasteiger partial charge in [0.05, 0.1) is 19.3 Å². The van der Waals surface area contributed by atoms with Crippen LogP contribution >= 0.6 is 0 Å². The van der Waals surface area contributed by atoms with E-state index in [1.54, 1.807) is 0 Å². The Balaban J connectivity index is 2.41. The van der Waals surface area contributed by atoms with Crippen molar-refractivity contribution in [2.45, 2.75) is 51.0 Å². The maximum atomic E-state index is 9.13. The summed E-state index contributed by atoms with van der Waals surface area (Å²) in [6, 6.07) is 2.28. The van der Waals surface area contributed by atoms with Crippen molar-refractivity contribution in [2.24, 2.45) is 5.92 Å². The Morgan fingerprint density at radius 1 is 1.47 bits per heavy atom. The fourth-order valence-corrected chi connectivity index (χ4v) is 2.37. The molecule has 0 aromatic carbocycles. The van der Waals surface area contributed by atoms with Gasteiger partial charge in [-0.2, -0.15) is 5.26 Å². The minimum absolute atomic E-state index is 0.00180. The Morgan fingerprint density at radius 3 is 2.60 bits per heavy atom. The second-order valence-electron chi connectivity index (χ2n) is 4.41. The van der Waals surface area contributed by atoms with Crippen molar-refractivity contribution in [1.29, 1.82) is 5.26 Å². The summed E-state index contributed by atoms with van der Waals surface area (Å²) in [7, 11) is 0. The van der Waals surface area contributed by atoms with Crippen LogP contribution in [0.4, 0.5) is 0 Å². The van der Waals surface area contributed by atoms with Gasteiger partial charge in [0.2, 0.25) is 0 Å². The third-order valence-electron chi connectivity index (χ3n) is 3.28. The summed E-state index contributed by atoms with van der Waals surface area (Å²) < 4.78 is 5.48. The molecule has 0 unspecified atom stereocenters. The smallest absolute Gasteiger partial charge is 0.154 e. The number of rotatable bonds is 5. The van der Waals surface area contributed by atoms with Crippen molar-refractivity contribution in [3.63, 3.8) is 0 Å². The predicted octanol–water partition coefficient (Wildman–Crippen LogP) is 2.25. The summed E-state index contributed by atoms with van der Waals surface area (Å²) in [5, 5.41) is 17.8. The topological polar surface area (TPSA) is 53.2 Å². The standard InChI is InChI=1S/C12H21NO2/c1-2-3-11-4-6-12(10-13,7-5-11)15-9-8-14/h11,14H,2-9H2,1H3. The molecular weight excluding hydrogens is 190 g/mol. The maximum absolute atomic E-state index is 9.13. The van der Waals surface area contributed by atoms with E-state index in [1.807, 2.05) is 0 Å². The van der Waals surface area contributed by atoms with E-state index in [0.29, 0.717) is 0 Å². The van der Waals surface area contributed by atoms with Gasteiger partial charge in [-0.25, -0.2) is 0 Å². The average molecular weight is 211 g/mol. The van der Waals surface area contributed by atoms with Gasteiger partial charge in [0.25, 0.3) is 0 Å². The number of nitriles is 1. The van der Waals surface area contributed by atoms with Crippen molar-refractivity contribution in [1.82, 2.24) is 0 Å². The summed E-state index contributed by atoms with van der Waals surface area (Å²) >= 11 is 0. The number of nitrogens with zero attached hydrogens (tertiary/aromatic N) is 1. The van der Waals surface area contributed by atoms with Crippen LogP contribution in [-0.4, -0.2) is 23.9 Å². The van der Waals surface area contributed by atoms with Crippen molar-refractivity contribution >= 4 is 0 Å². The highest BCUT2D eigenvalue weighted by molar-refractivity contribution is 5.04. The fraction of sp³-hybridized carbons (Fsp3) is 0.917. The zero-order valence-electron chi connectivity index (χ0n) is 9.54. The predicted molar refractivity (Wildman–Crippen MR) is 58.2 cm³/mol. The van der Waals surface area contributed by atoms with Gasteiger partial charge in [-0.3, -0.25) is 0 Å². The van der Waals surface area contributed by atoms with E-state index in [-0.39, 0.29) is 13.2 Å². The molecule has 0 aromatic rings. The molecule has 0 atom stereocenters. The number of hydrogen-bond acceptors (Lipinski definition) is 3. The van der Waals surface area contributed by atoms with Gasteiger partial charge >= 0.3 is 0 Å². The SMILES string of the molecule is CCCC1CCC(C#N)(OCCO)CC1. The lowest BCUT2D eigenvalue weighted by atomic mass is 9.78. The molecule has 0 saturated heterocycles. The van der Waals surface area contributed by atoms with Crippen LogP contribution in [0.2, 0.25) is 0 Å². The van der Waals surface area contributed by atoms with Crippen molar-refractivity contribution in [3.05, 3.63) is 0 Å². The van der Waals surface area contributed by atoms with Crippen LogP contribution in [0, 0.1) is 17.2 Å². The summed E-state index contributed by atoms with van der Waals surface area (Å²) in [6.07, 6.45) is 6.32.